The Hall–Kier alpha value is -2.49. The van der Waals surface area contributed by atoms with Crippen LogP contribution < -0.4 is 5.73 Å². The molecule has 10 heteroatoms. The molecular weight excluding hydrogens is 278 g/mol. The Bertz CT molecular complexity index is 426. The summed E-state index contributed by atoms with van der Waals surface area (Å²) >= 11 is 0. The van der Waals surface area contributed by atoms with Crippen LogP contribution in [-0.2, 0) is 38.2 Å². The summed E-state index contributed by atoms with van der Waals surface area (Å²) in [4.78, 5) is 54.4. The topological polar surface area (TPSA) is 159 Å². The molecule has 0 heterocycles. The molecule has 20 heavy (non-hydrogen) atoms. The lowest BCUT2D eigenvalue weighted by Crippen LogP contribution is -2.56. The first-order valence-electron chi connectivity index (χ1n) is 5.21. The van der Waals surface area contributed by atoms with E-state index in [4.69, 9.17) is 10.8 Å². The molecule has 10 nitrogen and oxygen atoms in total. The van der Waals surface area contributed by atoms with E-state index >= 15 is 0 Å². The lowest BCUT2D eigenvalue weighted by Gasteiger charge is -2.24. The van der Waals surface area contributed by atoms with Crippen LogP contribution in [-0.4, -0.2) is 40.9 Å². The van der Waals surface area contributed by atoms with Gasteiger partial charge in [-0.1, -0.05) is 0 Å². The van der Waals surface area contributed by atoms with Gasteiger partial charge in [0.25, 0.3) is 0 Å². The van der Waals surface area contributed by atoms with Crippen LogP contribution in [0.3, 0.4) is 0 Å². The van der Waals surface area contributed by atoms with E-state index < -0.39 is 48.6 Å². The Morgan fingerprint density at radius 3 is 1.80 bits per heavy atom. The van der Waals surface area contributed by atoms with Gasteiger partial charge in [-0.2, -0.15) is 0 Å². The van der Waals surface area contributed by atoms with Gasteiger partial charge in [0.15, 0.2) is 0 Å². The summed E-state index contributed by atoms with van der Waals surface area (Å²) in [7, 11) is 0. The fourth-order valence-electron chi connectivity index (χ4n) is 0.966. The molecule has 0 aliphatic heterocycles. The Morgan fingerprint density at radius 2 is 1.45 bits per heavy atom. The van der Waals surface area contributed by atoms with Gasteiger partial charge in [0.05, 0.1) is 12.8 Å². The first kappa shape index (κ1) is 17.5. The molecule has 0 aromatic carbocycles. The molecule has 0 spiro atoms. The van der Waals surface area contributed by atoms with E-state index in [-0.39, 0.29) is 0 Å². The van der Waals surface area contributed by atoms with Crippen molar-refractivity contribution in [2.75, 3.05) is 0 Å². The SMILES string of the molecule is CC(=O)OC(N)(OC(C)=O)C(=O)OC(=O)CCC(=O)O. The maximum Gasteiger partial charge on any atom is 0.419 e. The van der Waals surface area contributed by atoms with Gasteiger partial charge >= 0.3 is 35.8 Å². The van der Waals surface area contributed by atoms with E-state index in [1.807, 2.05) is 0 Å². The lowest BCUT2D eigenvalue weighted by atomic mass is 10.3. The molecule has 0 atom stereocenters. The highest BCUT2D eigenvalue weighted by Gasteiger charge is 2.45. The highest BCUT2D eigenvalue weighted by Crippen LogP contribution is 2.11. The van der Waals surface area contributed by atoms with Crippen molar-refractivity contribution in [2.45, 2.75) is 32.6 Å². The normalized spacial score (nSPS) is 10.3. The van der Waals surface area contributed by atoms with Gasteiger partial charge < -0.3 is 19.3 Å². The van der Waals surface area contributed by atoms with Gasteiger partial charge in [-0.3, -0.25) is 19.2 Å². The Balaban J connectivity index is 4.78. The maximum absolute atomic E-state index is 11.5. The number of esters is 4. The summed E-state index contributed by atoms with van der Waals surface area (Å²) in [5.74, 6) is -9.21. The maximum atomic E-state index is 11.5. The molecule has 3 N–H and O–H groups in total. The van der Waals surface area contributed by atoms with Crippen LogP contribution in [0, 0.1) is 0 Å². The minimum absolute atomic E-state index is 0.579. The van der Waals surface area contributed by atoms with E-state index in [1.54, 1.807) is 0 Å². The van der Waals surface area contributed by atoms with Gasteiger partial charge in [-0.15, -0.1) is 0 Å². The van der Waals surface area contributed by atoms with Gasteiger partial charge in [-0.25, -0.2) is 10.5 Å². The summed E-state index contributed by atoms with van der Waals surface area (Å²) in [5, 5.41) is 8.34. The average Bonchev–Trinajstić information content (AvgIpc) is 2.23. The third-order valence-corrected chi connectivity index (χ3v) is 1.62. The number of ether oxygens (including phenoxy) is 3. The second kappa shape index (κ2) is 7.19. The molecule has 0 aromatic heterocycles. The number of rotatable bonds is 6. The zero-order valence-electron chi connectivity index (χ0n) is 10.7. The van der Waals surface area contributed by atoms with Crippen molar-refractivity contribution in [1.82, 2.24) is 0 Å². The van der Waals surface area contributed by atoms with E-state index in [1.165, 1.54) is 0 Å². The zero-order chi connectivity index (χ0) is 15.9. The van der Waals surface area contributed by atoms with Crippen molar-refractivity contribution in [3.63, 3.8) is 0 Å². The summed E-state index contributed by atoms with van der Waals surface area (Å²) in [5.41, 5.74) is 5.22. The molecule has 0 aromatic rings. The number of carbonyl (C=O) groups is 5. The van der Waals surface area contributed by atoms with E-state index in [2.05, 4.69) is 14.2 Å². The van der Waals surface area contributed by atoms with Crippen molar-refractivity contribution in [2.24, 2.45) is 5.73 Å². The van der Waals surface area contributed by atoms with Crippen molar-refractivity contribution in [3.8, 4) is 0 Å². The van der Waals surface area contributed by atoms with Gasteiger partial charge in [0.2, 0.25) is 0 Å². The molecule has 0 fully saturated rings. The van der Waals surface area contributed by atoms with Crippen LogP contribution in [0.25, 0.3) is 0 Å². The van der Waals surface area contributed by atoms with Crippen LogP contribution in [0.4, 0.5) is 0 Å². The molecule has 0 saturated heterocycles. The second-order valence-electron chi connectivity index (χ2n) is 3.51. The van der Waals surface area contributed by atoms with Gasteiger partial charge in [0.1, 0.15) is 0 Å². The molecule has 0 aliphatic carbocycles. The third kappa shape index (κ3) is 6.44. The van der Waals surface area contributed by atoms with Crippen LogP contribution in [0.5, 0.6) is 0 Å². The van der Waals surface area contributed by atoms with Crippen molar-refractivity contribution >= 4 is 29.8 Å². The summed E-state index contributed by atoms with van der Waals surface area (Å²) < 4.78 is 12.7. The first-order chi connectivity index (χ1) is 9.06. The van der Waals surface area contributed by atoms with E-state index in [9.17, 15) is 24.0 Å². The molecular formula is C10H13NO9. The molecule has 0 saturated carbocycles. The van der Waals surface area contributed by atoms with Crippen LogP contribution >= 0.6 is 0 Å². The number of hydrogen-bond donors (Lipinski definition) is 2. The largest absolute Gasteiger partial charge is 0.481 e. The predicted molar refractivity (Wildman–Crippen MR) is 58.4 cm³/mol. The van der Waals surface area contributed by atoms with Crippen molar-refractivity contribution in [3.05, 3.63) is 0 Å². The zero-order valence-corrected chi connectivity index (χ0v) is 10.7. The molecule has 0 aliphatic rings. The fraction of sp³-hybridized carbons (Fsp3) is 0.500. The van der Waals surface area contributed by atoms with Crippen LogP contribution in [0.2, 0.25) is 0 Å². The van der Waals surface area contributed by atoms with E-state index in [0.29, 0.717) is 0 Å². The average molecular weight is 291 g/mol. The molecule has 112 valence electrons. The number of nitrogens with two attached hydrogens (primary N) is 1. The van der Waals surface area contributed by atoms with Gasteiger partial charge in [0, 0.05) is 13.8 Å². The minimum Gasteiger partial charge on any atom is -0.481 e. The first-order valence-corrected chi connectivity index (χ1v) is 5.21. The molecule has 0 radical (unpaired) electrons. The Morgan fingerprint density at radius 1 is 1.00 bits per heavy atom. The number of aliphatic carboxylic acids is 1. The van der Waals surface area contributed by atoms with Crippen LogP contribution in [0.1, 0.15) is 26.7 Å². The van der Waals surface area contributed by atoms with Gasteiger partial charge in [-0.05, 0) is 0 Å². The molecule has 0 bridgehead atoms. The second-order valence-corrected chi connectivity index (χ2v) is 3.51. The highest BCUT2D eigenvalue weighted by atomic mass is 16.8. The monoisotopic (exact) mass is 291 g/mol. The van der Waals surface area contributed by atoms with Crippen molar-refractivity contribution in [1.29, 1.82) is 0 Å². The highest BCUT2D eigenvalue weighted by molar-refractivity contribution is 5.92. The minimum atomic E-state index is -2.91. The van der Waals surface area contributed by atoms with E-state index in [0.717, 1.165) is 13.8 Å². The van der Waals surface area contributed by atoms with Crippen molar-refractivity contribution < 1.29 is 43.3 Å². The fourth-order valence-corrected chi connectivity index (χ4v) is 0.966. The summed E-state index contributed by atoms with van der Waals surface area (Å²) in [6.07, 6.45) is -1.19. The third-order valence-electron chi connectivity index (χ3n) is 1.62. The number of carboxylic acids is 1. The number of carboxylic acid groups (broad SMARTS) is 1. The Kier molecular flexibility index (Phi) is 6.29. The molecule has 0 rings (SSSR count). The quantitative estimate of drug-likeness (QED) is 0.340. The predicted octanol–water partition coefficient (Wildman–Crippen LogP) is -1.34. The smallest absolute Gasteiger partial charge is 0.419 e. The number of carbonyl (C=O) groups excluding carboxylic acids is 4. The summed E-state index contributed by atoms with van der Waals surface area (Å²) in [6.45, 7) is 1.76. The molecule has 0 amide bonds. The number of hydrogen-bond acceptors (Lipinski definition) is 9. The lowest BCUT2D eigenvalue weighted by molar-refractivity contribution is -0.236. The standard InChI is InChI=1S/C10H13NO9/c1-5(12)19-10(11,20-6(2)13)9(17)18-8(16)4-3-7(14)15/h3-4,11H2,1-2H3,(H,14,15). The Labute approximate surface area is 112 Å². The van der Waals surface area contributed by atoms with Crippen LogP contribution in [0.15, 0.2) is 0 Å². The molecule has 0 unspecified atom stereocenters. The summed E-state index contributed by atoms with van der Waals surface area (Å²) in [6, 6.07) is 0.